The molecule has 6 nitrogen and oxygen atoms in total. The Morgan fingerprint density at radius 2 is 2.18 bits per heavy atom. The predicted molar refractivity (Wildman–Crippen MR) is 109 cm³/mol. The second-order valence-electron chi connectivity index (χ2n) is 6.32. The molecule has 3 N–H and O–H groups in total. The zero-order chi connectivity index (χ0) is 20.1. The van der Waals surface area contributed by atoms with Crippen molar-refractivity contribution in [2.24, 2.45) is 7.05 Å². The van der Waals surface area contributed by atoms with E-state index < -0.39 is 0 Å². The number of aromatic hydroxyl groups is 1. The number of halogens is 1. The van der Waals surface area contributed by atoms with Gasteiger partial charge >= 0.3 is 0 Å². The number of anilines is 2. The van der Waals surface area contributed by atoms with Crippen LogP contribution in [0, 0.1) is 0 Å². The van der Waals surface area contributed by atoms with Crippen molar-refractivity contribution < 1.29 is 9.50 Å². The van der Waals surface area contributed by atoms with Gasteiger partial charge in [-0.25, -0.2) is 9.37 Å². The second-order valence-corrected chi connectivity index (χ2v) is 6.32. The molecule has 3 rings (SSSR count). The molecule has 0 atom stereocenters. The first-order valence-corrected chi connectivity index (χ1v) is 8.71. The number of hydrogen-bond acceptors (Lipinski definition) is 5. The largest absolute Gasteiger partial charge is 0.508 e. The Bertz CT molecular complexity index is 1050. The number of hydrogen-bond donors (Lipinski definition) is 3. The van der Waals surface area contributed by atoms with E-state index >= 15 is 0 Å². The minimum atomic E-state index is -0.232. The molecule has 1 aromatic carbocycles. The highest BCUT2D eigenvalue weighted by molar-refractivity contribution is 5.51. The van der Waals surface area contributed by atoms with E-state index in [2.05, 4.69) is 22.2 Å². The summed E-state index contributed by atoms with van der Waals surface area (Å²) in [6.45, 7) is 4.27. The van der Waals surface area contributed by atoms with Gasteiger partial charge in [-0.3, -0.25) is 9.36 Å². The second kappa shape index (κ2) is 8.39. The fourth-order valence-electron chi connectivity index (χ4n) is 2.61. The minimum absolute atomic E-state index is 0.149. The van der Waals surface area contributed by atoms with Crippen molar-refractivity contribution in [3.63, 3.8) is 0 Å². The van der Waals surface area contributed by atoms with Gasteiger partial charge in [0.1, 0.15) is 11.6 Å². The molecule has 2 aromatic rings. The van der Waals surface area contributed by atoms with Crippen molar-refractivity contribution in [3.05, 3.63) is 94.4 Å². The van der Waals surface area contributed by atoms with Crippen LogP contribution in [0.2, 0.25) is 0 Å². The van der Waals surface area contributed by atoms with Crippen LogP contribution in [0.3, 0.4) is 0 Å². The minimum Gasteiger partial charge on any atom is -0.508 e. The Labute approximate surface area is 162 Å². The maximum absolute atomic E-state index is 13.4. The van der Waals surface area contributed by atoms with Crippen LogP contribution in [0.4, 0.5) is 16.0 Å². The maximum atomic E-state index is 13.4. The molecule has 0 fully saturated rings. The molecule has 0 amide bonds. The zero-order valence-corrected chi connectivity index (χ0v) is 15.4. The number of allylic oxidation sites excluding steroid dienone is 5. The molecular formula is C21H21FN4O2. The van der Waals surface area contributed by atoms with E-state index in [1.54, 1.807) is 49.5 Å². The van der Waals surface area contributed by atoms with Gasteiger partial charge in [-0.2, -0.15) is 0 Å². The molecule has 28 heavy (non-hydrogen) atoms. The van der Waals surface area contributed by atoms with Crippen molar-refractivity contribution in [2.45, 2.75) is 13.0 Å². The molecule has 0 radical (unpaired) electrons. The third kappa shape index (κ3) is 4.76. The molecule has 1 aliphatic carbocycles. The average molecular weight is 380 g/mol. The molecule has 0 aliphatic heterocycles. The van der Waals surface area contributed by atoms with E-state index in [9.17, 15) is 14.3 Å². The van der Waals surface area contributed by atoms with Crippen molar-refractivity contribution in [2.75, 3.05) is 10.6 Å². The molecule has 144 valence electrons. The summed E-state index contributed by atoms with van der Waals surface area (Å²) < 4.78 is 14.7. The van der Waals surface area contributed by atoms with Crippen molar-refractivity contribution >= 4 is 11.6 Å². The quantitative estimate of drug-likeness (QED) is 0.711. The standard InChI is InChI=1S/C21H21FN4O2/c1-14(15-5-3-6-16(22)10-9-15)24-21-25-18(12-20(28)26(21)2)13-23-17-7-4-8-19(27)11-17/h3-5,7-12,23,27H,1,6,13H2,2H3,(H,24,25). The molecule has 0 spiro atoms. The van der Waals surface area contributed by atoms with Crippen LogP contribution in [-0.2, 0) is 13.6 Å². The van der Waals surface area contributed by atoms with Crippen LogP contribution in [-0.4, -0.2) is 14.7 Å². The van der Waals surface area contributed by atoms with Crippen LogP contribution in [0.15, 0.2) is 83.1 Å². The molecule has 0 saturated heterocycles. The number of aromatic nitrogens is 2. The molecular weight excluding hydrogens is 359 g/mol. The predicted octanol–water partition coefficient (Wildman–Crippen LogP) is 3.76. The fourth-order valence-corrected chi connectivity index (χ4v) is 2.61. The number of nitrogens with zero attached hydrogens (tertiary/aromatic N) is 2. The highest BCUT2D eigenvalue weighted by Crippen LogP contribution is 2.19. The number of nitrogens with one attached hydrogen (secondary N) is 2. The highest BCUT2D eigenvalue weighted by atomic mass is 19.1. The lowest BCUT2D eigenvalue weighted by atomic mass is 10.2. The lowest BCUT2D eigenvalue weighted by Gasteiger charge is -2.14. The number of phenolic OH excluding ortho intramolecular Hbond substituents is 1. The van der Waals surface area contributed by atoms with E-state index in [0.717, 1.165) is 0 Å². The van der Waals surface area contributed by atoms with Crippen molar-refractivity contribution in [3.8, 4) is 5.75 Å². The first-order chi connectivity index (χ1) is 13.4. The Morgan fingerprint density at radius 3 is 2.96 bits per heavy atom. The molecule has 0 bridgehead atoms. The molecule has 1 aromatic heterocycles. The van der Waals surface area contributed by atoms with E-state index in [-0.39, 0.29) is 23.6 Å². The Hall–Kier alpha value is -3.61. The first-order valence-electron chi connectivity index (χ1n) is 8.71. The van der Waals surface area contributed by atoms with Crippen LogP contribution < -0.4 is 16.2 Å². The van der Waals surface area contributed by atoms with Gasteiger partial charge in [0, 0.05) is 37.0 Å². The zero-order valence-electron chi connectivity index (χ0n) is 15.4. The first kappa shape index (κ1) is 19.2. The summed E-state index contributed by atoms with van der Waals surface area (Å²) in [5.41, 5.74) is 2.21. The van der Waals surface area contributed by atoms with Crippen LogP contribution >= 0.6 is 0 Å². The van der Waals surface area contributed by atoms with Gasteiger partial charge in [0.25, 0.3) is 5.56 Å². The number of phenols is 1. The summed E-state index contributed by atoms with van der Waals surface area (Å²) in [4.78, 5) is 16.7. The monoisotopic (exact) mass is 380 g/mol. The van der Waals surface area contributed by atoms with Crippen molar-refractivity contribution in [1.29, 1.82) is 0 Å². The van der Waals surface area contributed by atoms with Crippen LogP contribution in [0.1, 0.15) is 12.1 Å². The molecule has 0 unspecified atom stereocenters. The van der Waals surface area contributed by atoms with Gasteiger partial charge in [-0.1, -0.05) is 30.9 Å². The maximum Gasteiger partial charge on any atom is 0.254 e. The summed E-state index contributed by atoms with van der Waals surface area (Å²) in [5.74, 6) is 0.244. The van der Waals surface area contributed by atoms with Gasteiger partial charge in [0.2, 0.25) is 5.95 Å². The van der Waals surface area contributed by atoms with Crippen molar-refractivity contribution in [1.82, 2.24) is 9.55 Å². The van der Waals surface area contributed by atoms with Gasteiger partial charge < -0.3 is 15.7 Å². The smallest absolute Gasteiger partial charge is 0.254 e. The van der Waals surface area contributed by atoms with E-state index in [0.29, 0.717) is 35.1 Å². The molecule has 1 aliphatic rings. The van der Waals surface area contributed by atoms with E-state index in [1.165, 1.54) is 16.7 Å². The molecule has 7 heteroatoms. The van der Waals surface area contributed by atoms with Gasteiger partial charge in [-0.05, 0) is 23.8 Å². The SMILES string of the molecule is C=C(Nc1nc(CNc2cccc(O)c2)cc(=O)n1C)C1=CC=C(F)CC=C1. The molecule has 0 saturated carbocycles. The number of benzene rings is 1. The average Bonchev–Trinajstić information content (AvgIpc) is 2.88. The Kier molecular flexibility index (Phi) is 5.74. The van der Waals surface area contributed by atoms with Gasteiger partial charge in [0.05, 0.1) is 12.2 Å². The van der Waals surface area contributed by atoms with E-state index in [4.69, 9.17) is 0 Å². The third-order valence-corrected chi connectivity index (χ3v) is 4.17. The van der Waals surface area contributed by atoms with Gasteiger partial charge in [-0.15, -0.1) is 0 Å². The summed E-state index contributed by atoms with van der Waals surface area (Å²) >= 11 is 0. The topological polar surface area (TPSA) is 79.2 Å². The van der Waals surface area contributed by atoms with Crippen LogP contribution in [0.25, 0.3) is 0 Å². The summed E-state index contributed by atoms with van der Waals surface area (Å²) in [6.07, 6.45) is 6.73. The van der Waals surface area contributed by atoms with Gasteiger partial charge in [0.15, 0.2) is 0 Å². The fraction of sp³-hybridized carbons (Fsp3) is 0.143. The lowest BCUT2D eigenvalue weighted by molar-refractivity contribution is 0.475. The lowest BCUT2D eigenvalue weighted by Crippen LogP contribution is -2.23. The number of rotatable bonds is 6. The van der Waals surface area contributed by atoms with Crippen LogP contribution in [0.5, 0.6) is 5.75 Å². The normalized spacial score (nSPS) is 13.4. The Morgan fingerprint density at radius 1 is 1.36 bits per heavy atom. The summed E-state index contributed by atoms with van der Waals surface area (Å²) in [7, 11) is 1.61. The highest BCUT2D eigenvalue weighted by Gasteiger charge is 2.09. The summed E-state index contributed by atoms with van der Waals surface area (Å²) in [5, 5.41) is 15.7. The van der Waals surface area contributed by atoms with E-state index in [1.807, 2.05) is 0 Å². The Balaban J connectivity index is 1.78. The summed E-state index contributed by atoms with van der Waals surface area (Å²) in [6, 6.07) is 8.12. The molecule has 1 heterocycles. The third-order valence-electron chi connectivity index (χ3n) is 4.17.